The third-order valence-corrected chi connectivity index (χ3v) is 2.46. The van der Waals surface area contributed by atoms with Crippen LogP contribution in [0.4, 0.5) is 0 Å². The number of halogens is 1. The van der Waals surface area contributed by atoms with E-state index in [1.165, 1.54) is 6.33 Å². The second-order valence-electron chi connectivity index (χ2n) is 3.09. The average molecular weight is 265 g/mol. The van der Waals surface area contributed by atoms with Gasteiger partial charge in [0.05, 0.1) is 6.04 Å². The SMILES string of the molecule is NC(c1cncnc1)c1cncc(Br)c1. The number of hydrogen-bond donors (Lipinski definition) is 1. The van der Waals surface area contributed by atoms with Crippen molar-refractivity contribution in [3.63, 3.8) is 0 Å². The number of aromatic nitrogens is 3. The van der Waals surface area contributed by atoms with E-state index < -0.39 is 0 Å². The molecule has 2 N–H and O–H groups in total. The maximum atomic E-state index is 6.04. The highest BCUT2D eigenvalue weighted by molar-refractivity contribution is 9.10. The van der Waals surface area contributed by atoms with Gasteiger partial charge in [0, 0.05) is 34.8 Å². The van der Waals surface area contributed by atoms with Gasteiger partial charge in [0.15, 0.2) is 0 Å². The molecule has 5 heteroatoms. The van der Waals surface area contributed by atoms with E-state index in [9.17, 15) is 0 Å². The van der Waals surface area contributed by atoms with Crippen LogP contribution in [0.2, 0.25) is 0 Å². The summed E-state index contributed by atoms with van der Waals surface area (Å²) in [7, 11) is 0. The van der Waals surface area contributed by atoms with Crippen molar-refractivity contribution in [1.82, 2.24) is 15.0 Å². The molecule has 0 bridgehead atoms. The van der Waals surface area contributed by atoms with Crippen molar-refractivity contribution in [1.29, 1.82) is 0 Å². The maximum absolute atomic E-state index is 6.04. The fourth-order valence-corrected chi connectivity index (χ4v) is 1.64. The van der Waals surface area contributed by atoms with Crippen LogP contribution in [0, 0.1) is 0 Å². The average Bonchev–Trinajstić information content (AvgIpc) is 2.29. The lowest BCUT2D eigenvalue weighted by atomic mass is 10.0. The molecule has 2 aromatic rings. The number of nitrogens with zero attached hydrogens (tertiary/aromatic N) is 3. The van der Waals surface area contributed by atoms with E-state index in [-0.39, 0.29) is 6.04 Å². The lowest BCUT2D eigenvalue weighted by molar-refractivity contribution is 0.842. The molecule has 0 aromatic carbocycles. The van der Waals surface area contributed by atoms with Crippen LogP contribution in [-0.2, 0) is 0 Å². The lowest BCUT2D eigenvalue weighted by Crippen LogP contribution is -2.12. The summed E-state index contributed by atoms with van der Waals surface area (Å²) in [6.45, 7) is 0. The molecular weight excluding hydrogens is 256 g/mol. The summed E-state index contributed by atoms with van der Waals surface area (Å²) in [6, 6.07) is 1.70. The first-order valence-corrected chi connectivity index (χ1v) is 5.17. The molecule has 2 aromatic heterocycles. The Kier molecular flexibility index (Phi) is 3.03. The van der Waals surface area contributed by atoms with Crippen molar-refractivity contribution >= 4 is 15.9 Å². The van der Waals surface area contributed by atoms with Gasteiger partial charge in [-0.2, -0.15) is 0 Å². The molecule has 0 fully saturated rings. The molecule has 0 radical (unpaired) electrons. The minimum Gasteiger partial charge on any atom is -0.320 e. The topological polar surface area (TPSA) is 64.7 Å². The number of nitrogens with two attached hydrogens (primary N) is 1. The van der Waals surface area contributed by atoms with Crippen LogP contribution in [0.15, 0.2) is 41.7 Å². The zero-order valence-corrected chi connectivity index (χ0v) is 9.42. The molecule has 2 heterocycles. The van der Waals surface area contributed by atoms with Crippen LogP contribution in [0.25, 0.3) is 0 Å². The third-order valence-electron chi connectivity index (χ3n) is 2.02. The molecule has 4 nitrogen and oxygen atoms in total. The van der Waals surface area contributed by atoms with Crippen molar-refractivity contribution in [3.05, 3.63) is 52.8 Å². The van der Waals surface area contributed by atoms with Crippen LogP contribution in [0.5, 0.6) is 0 Å². The highest BCUT2D eigenvalue weighted by Gasteiger charge is 2.09. The summed E-state index contributed by atoms with van der Waals surface area (Å²) in [5, 5.41) is 0. The Bertz CT molecular complexity index is 446. The zero-order valence-electron chi connectivity index (χ0n) is 7.84. The standard InChI is InChI=1S/C10H9BrN4/c11-9-1-7(2-13-5-9)10(12)8-3-14-6-15-4-8/h1-6,10H,12H2. The van der Waals surface area contributed by atoms with Crippen molar-refractivity contribution in [2.75, 3.05) is 0 Å². The summed E-state index contributed by atoms with van der Waals surface area (Å²) in [6.07, 6.45) is 8.35. The van der Waals surface area contributed by atoms with E-state index >= 15 is 0 Å². The Morgan fingerprint density at radius 3 is 2.33 bits per heavy atom. The Morgan fingerprint density at radius 2 is 1.67 bits per heavy atom. The first-order valence-electron chi connectivity index (χ1n) is 4.38. The molecule has 0 spiro atoms. The fourth-order valence-electron chi connectivity index (χ4n) is 1.26. The van der Waals surface area contributed by atoms with Crippen molar-refractivity contribution in [2.24, 2.45) is 5.73 Å². The molecule has 0 aliphatic carbocycles. The van der Waals surface area contributed by atoms with Gasteiger partial charge in [-0.05, 0) is 27.6 Å². The van der Waals surface area contributed by atoms with Crippen LogP contribution in [0.1, 0.15) is 17.2 Å². The van der Waals surface area contributed by atoms with Gasteiger partial charge in [-0.25, -0.2) is 9.97 Å². The Morgan fingerprint density at radius 1 is 1.00 bits per heavy atom. The molecule has 0 amide bonds. The monoisotopic (exact) mass is 264 g/mol. The van der Waals surface area contributed by atoms with Gasteiger partial charge in [0.2, 0.25) is 0 Å². The number of hydrogen-bond acceptors (Lipinski definition) is 4. The number of rotatable bonds is 2. The van der Waals surface area contributed by atoms with E-state index in [4.69, 9.17) is 5.73 Å². The predicted molar refractivity (Wildman–Crippen MR) is 60.0 cm³/mol. The summed E-state index contributed by atoms with van der Waals surface area (Å²) < 4.78 is 0.910. The minimum atomic E-state index is -0.240. The minimum absolute atomic E-state index is 0.240. The normalized spacial score (nSPS) is 12.4. The van der Waals surface area contributed by atoms with Crippen molar-refractivity contribution in [3.8, 4) is 0 Å². The summed E-state index contributed by atoms with van der Waals surface area (Å²) in [5.41, 5.74) is 7.85. The Hall–Kier alpha value is -1.33. The second-order valence-corrected chi connectivity index (χ2v) is 4.00. The van der Waals surface area contributed by atoms with Gasteiger partial charge in [0.25, 0.3) is 0 Å². The molecule has 2 rings (SSSR count). The summed E-state index contributed by atoms with van der Waals surface area (Å²) >= 11 is 3.35. The molecule has 0 saturated carbocycles. The van der Waals surface area contributed by atoms with E-state index in [2.05, 4.69) is 30.9 Å². The highest BCUT2D eigenvalue weighted by atomic mass is 79.9. The van der Waals surface area contributed by atoms with Gasteiger partial charge in [-0.15, -0.1) is 0 Å². The van der Waals surface area contributed by atoms with Crippen LogP contribution in [0.3, 0.4) is 0 Å². The van der Waals surface area contributed by atoms with Gasteiger partial charge in [-0.3, -0.25) is 4.98 Å². The maximum Gasteiger partial charge on any atom is 0.115 e. The van der Waals surface area contributed by atoms with Crippen LogP contribution < -0.4 is 5.73 Å². The van der Waals surface area contributed by atoms with Crippen LogP contribution in [-0.4, -0.2) is 15.0 Å². The van der Waals surface area contributed by atoms with E-state index in [0.29, 0.717) is 0 Å². The molecule has 76 valence electrons. The Labute approximate surface area is 95.7 Å². The predicted octanol–water partition coefficient (Wildman–Crippen LogP) is 1.68. The first kappa shape index (κ1) is 10.2. The van der Waals surface area contributed by atoms with Gasteiger partial charge >= 0.3 is 0 Å². The highest BCUT2D eigenvalue weighted by Crippen LogP contribution is 2.19. The molecule has 0 saturated heterocycles. The largest absolute Gasteiger partial charge is 0.320 e. The Balaban J connectivity index is 2.32. The third kappa shape index (κ3) is 2.37. The fraction of sp³-hybridized carbons (Fsp3) is 0.100. The molecule has 0 aliphatic rings. The lowest BCUT2D eigenvalue weighted by Gasteiger charge is -2.10. The van der Waals surface area contributed by atoms with Gasteiger partial charge < -0.3 is 5.73 Å². The molecule has 1 unspecified atom stereocenters. The van der Waals surface area contributed by atoms with Gasteiger partial charge in [-0.1, -0.05) is 0 Å². The number of pyridine rings is 1. The van der Waals surface area contributed by atoms with Crippen molar-refractivity contribution in [2.45, 2.75) is 6.04 Å². The molecular formula is C10H9BrN4. The van der Waals surface area contributed by atoms with Crippen LogP contribution >= 0.6 is 15.9 Å². The molecule has 1 atom stereocenters. The van der Waals surface area contributed by atoms with E-state index in [1.807, 2.05) is 6.07 Å². The smallest absolute Gasteiger partial charge is 0.115 e. The van der Waals surface area contributed by atoms with Crippen molar-refractivity contribution < 1.29 is 0 Å². The molecule has 0 aliphatic heterocycles. The zero-order chi connectivity index (χ0) is 10.7. The van der Waals surface area contributed by atoms with E-state index in [1.54, 1.807) is 24.8 Å². The van der Waals surface area contributed by atoms with Gasteiger partial charge in [0.1, 0.15) is 6.33 Å². The quantitative estimate of drug-likeness (QED) is 0.897. The van der Waals surface area contributed by atoms with E-state index in [0.717, 1.165) is 15.6 Å². The summed E-state index contributed by atoms with van der Waals surface area (Å²) in [5.74, 6) is 0. The summed E-state index contributed by atoms with van der Waals surface area (Å²) in [4.78, 5) is 11.9. The molecule has 15 heavy (non-hydrogen) atoms. The first-order chi connectivity index (χ1) is 7.27. The second kappa shape index (κ2) is 4.46.